The summed E-state index contributed by atoms with van der Waals surface area (Å²) in [5.74, 6) is 0.316. The summed E-state index contributed by atoms with van der Waals surface area (Å²) in [7, 11) is 0. The standard InChI is InChI=1S/C66H60N6/c1-8-22-44(36-47-37-45-24-10-12-26-49(45)52-29-15-14-28-51(47)52)42(4)69-64(67)72-61-35-21-19-33-58(61)66(6,7)59-39-57-55-32-18-20-34-60(55)71(62(57)40-63(59)72)65(68)70-43(5)48(23-9-2)41(3)56-38-46-25-11-13-27-50(46)53-30-16-17-31-54(53)56/h8,10,12-22,24,26-40,67H,5,9,11,23,25H2,1-4,6-7H3,(H2,68,70)/b22-8?,44-36?,48-41+,67-64?,69-42?. The summed E-state index contributed by atoms with van der Waals surface area (Å²) >= 11 is 0. The van der Waals surface area contributed by atoms with Crippen molar-refractivity contribution in [1.82, 2.24) is 9.88 Å². The number of guanidine groups is 1. The Bertz CT molecular complexity index is 3920. The van der Waals surface area contributed by atoms with Crippen molar-refractivity contribution < 1.29 is 0 Å². The highest BCUT2D eigenvalue weighted by Crippen LogP contribution is 2.51. The van der Waals surface area contributed by atoms with Gasteiger partial charge >= 0.3 is 0 Å². The molecule has 0 amide bonds. The SMILES string of the molecule is C=C(NC(=N)n1c2ccccc2c2cc3c(cc21)N(C(=N)N=C(C)C(C=CC)=Cc1cc2ccccc2c2ccccc12)c1ccccc1C3(C)C)/C(CCC)=C(\C)c1cc2c(c3ccccc13)C=CCC2. The van der Waals surface area contributed by atoms with Crippen molar-refractivity contribution in [2.45, 2.75) is 72.6 Å². The molecule has 0 saturated carbocycles. The zero-order valence-corrected chi connectivity index (χ0v) is 42.1. The number of hydrogen-bond acceptors (Lipinski definition) is 2. The highest BCUT2D eigenvalue weighted by molar-refractivity contribution is 6.19. The molecule has 0 saturated heterocycles. The van der Waals surface area contributed by atoms with Crippen LogP contribution in [0.3, 0.4) is 0 Å². The normalized spacial score (nSPS) is 14.8. The van der Waals surface area contributed by atoms with Crippen molar-refractivity contribution in [2.75, 3.05) is 4.90 Å². The van der Waals surface area contributed by atoms with E-state index in [-0.39, 0.29) is 11.9 Å². The van der Waals surface area contributed by atoms with Gasteiger partial charge in [0.25, 0.3) is 0 Å². The first-order chi connectivity index (χ1) is 35.0. The van der Waals surface area contributed by atoms with Gasteiger partial charge < -0.3 is 5.32 Å². The lowest BCUT2D eigenvalue weighted by Crippen LogP contribution is -2.36. The van der Waals surface area contributed by atoms with E-state index in [0.29, 0.717) is 0 Å². The van der Waals surface area contributed by atoms with Crippen LogP contribution < -0.4 is 10.2 Å². The predicted octanol–water partition coefficient (Wildman–Crippen LogP) is 17.2. The van der Waals surface area contributed by atoms with Crippen LogP contribution in [0.4, 0.5) is 11.4 Å². The maximum atomic E-state index is 10.0. The number of allylic oxidation sites excluding steroid dienone is 6. The molecule has 8 aromatic carbocycles. The molecule has 0 spiro atoms. The van der Waals surface area contributed by atoms with Gasteiger partial charge in [0.2, 0.25) is 11.9 Å². The summed E-state index contributed by atoms with van der Waals surface area (Å²) in [6, 6.07) is 51.7. The van der Waals surface area contributed by atoms with Crippen LogP contribution in [0.25, 0.3) is 71.8 Å². The van der Waals surface area contributed by atoms with Crippen LogP contribution in [-0.4, -0.2) is 22.2 Å². The molecule has 6 nitrogen and oxygen atoms in total. The topological polar surface area (TPSA) is 80.3 Å². The molecule has 0 fully saturated rings. The fourth-order valence-corrected chi connectivity index (χ4v) is 11.6. The first kappa shape index (κ1) is 46.1. The van der Waals surface area contributed by atoms with E-state index >= 15 is 0 Å². The molecular formula is C66H60N6. The molecule has 72 heavy (non-hydrogen) atoms. The summed E-state index contributed by atoms with van der Waals surface area (Å²) in [4.78, 5) is 7.17. The molecule has 11 rings (SSSR count). The minimum Gasteiger partial charge on any atom is -0.326 e. The van der Waals surface area contributed by atoms with Crippen molar-refractivity contribution in [3.8, 4) is 0 Å². The number of nitrogens with zero attached hydrogens (tertiary/aromatic N) is 3. The van der Waals surface area contributed by atoms with Gasteiger partial charge in [0.05, 0.1) is 22.4 Å². The highest BCUT2D eigenvalue weighted by atomic mass is 15.3. The smallest absolute Gasteiger partial charge is 0.227 e. The summed E-state index contributed by atoms with van der Waals surface area (Å²) in [5, 5.41) is 32.9. The zero-order valence-electron chi connectivity index (χ0n) is 42.1. The minimum atomic E-state index is -0.416. The van der Waals surface area contributed by atoms with Crippen LogP contribution in [0.15, 0.2) is 192 Å². The second-order valence-corrected chi connectivity index (χ2v) is 19.9. The monoisotopic (exact) mass is 936 g/mol. The fraction of sp³-hybridized carbons (Fsp3) is 0.167. The molecular weight excluding hydrogens is 877 g/mol. The van der Waals surface area contributed by atoms with Gasteiger partial charge in [-0.1, -0.05) is 173 Å². The van der Waals surface area contributed by atoms with Gasteiger partial charge in [0.1, 0.15) is 0 Å². The van der Waals surface area contributed by atoms with E-state index in [2.05, 4.69) is 197 Å². The Morgan fingerprint density at radius 2 is 1.40 bits per heavy atom. The number of hydrogen-bond donors (Lipinski definition) is 3. The van der Waals surface area contributed by atoms with E-state index in [1.54, 1.807) is 0 Å². The first-order valence-electron chi connectivity index (χ1n) is 25.3. The lowest BCUT2D eigenvalue weighted by Gasteiger charge is -2.41. The Morgan fingerprint density at radius 3 is 2.18 bits per heavy atom. The Balaban J connectivity index is 1.02. The Labute approximate surface area is 422 Å². The number of aromatic nitrogens is 1. The van der Waals surface area contributed by atoms with Crippen LogP contribution in [-0.2, 0) is 11.8 Å². The first-order valence-corrected chi connectivity index (χ1v) is 25.3. The van der Waals surface area contributed by atoms with Gasteiger partial charge in [0.15, 0.2) is 0 Å². The third-order valence-electron chi connectivity index (χ3n) is 15.1. The van der Waals surface area contributed by atoms with Gasteiger partial charge in [-0.25, -0.2) is 4.99 Å². The number of rotatable bonds is 8. The molecule has 3 N–H and O–H groups in total. The molecule has 1 aliphatic carbocycles. The molecule has 1 aromatic heterocycles. The molecule has 2 heterocycles. The number of nitrogens with one attached hydrogen (secondary N) is 3. The highest BCUT2D eigenvalue weighted by Gasteiger charge is 2.39. The quantitative estimate of drug-likeness (QED) is 0.0614. The van der Waals surface area contributed by atoms with Crippen LogP contribution in [0.5, 0.6) is 0 Å². The van der Waals surface area contributed by atoms with E-state index in [1.165, 1.54) is 54.6 Å². The Morgan fingerprint density at radius 1 is 0.722 bits per heavy atom. The number of aryl methyl sites for hydroxylation is 1. The molecule has 6 heteroatoms. The average Bonchev–Trinajstić information content (AvgIpc) is 3.72. The maximum absolute atomic E-state index is 10.0. The van der Waals surface area contributed by atoms with Crippen LogP contribution >= 0.6 is 0 Å². The molecule has 0 atom stereocenters. The number of fused-ring (bicyclic) bond motifs is 11. The van der Waals surface area contributed by atoms with Crippen molar-refractivity contribution in [1.29, 1.82) is 10.8 Å². The van der Waals surface area contributed by atoms with Crippen molar-refractivity contribution in [3.63, 3.8) is 0 Å². The summed E-state index contributed by atoms with van der Waals surface area (Å²) in [5.41, 5.74) is 15.0. The van der Waals surface area contributed by atoms with Gasteiger partial charge in [-0.3, -0.25) is 20.3 Å². The number of aliphatic imine (C=N–C) groups is 1. The largest absolute Gasteiger partial charge is 0.326 e. The van der Waals surface area contributed by atoms with Crippen molar-refractivity contribution in [2.24, 2.45) is 4.99 Å². The van der Waals surface area contributed by atoms with Crippen molar-refractivity contribution >= 4 is 101 Å². The third kappa shape index (κ3) is 7.70. The van der Waals surface area contributed by atoms with Gasteiger partial charge in [-0.15, -0.1) is 0 Å². The van der Waals surface area contributed by atoms with E-state index in [0.717, 1.165) is 98.1 Å². The molecule has 9 aromatic rings. The maximum Gasteiger partial charge on any atom is 0.227 e. The zero-order chi connectivity index (χ0) is 49.8. The fourth-order valence-electron chi connectivity index (χ4n) is 11.6. The molecule has 0 unspecified atom stereocenters. The molecule has 354 valence electrons. The molecule has 0 bridgehead atoms. The van der Waals surface area contributed by atoms with Gasteiger partial charge in [-0.05, 0) is 159 Å². The summed E-state index contributed by atoms with van der Waals surface area (Å²) in [6.45, 7) is 17.6. The number of para-hydroxylation sites is 2. The van der Waals surface area contributed by atoms with E-state index in [9.17, 15) is 10.8 Å². The van der Waals surface area contributed by atoms with Crippen LogP contribution in [0, 0.1) is 10.8 Å². The van der Waals surface area contributed by atoms with E-state index in [4.69, 9.17) is 4.99 Å². The van der Waals surface area contributed by atoms with E-state index < -0.39 is 5.41 Å². The Kier molecular flexibility index (Phi) is 11.8. The van der Waals surface area contributed by atoms with Crippen LogP contribution in [0.1, 0.15) is 94.2 Å². The molecule has 1 aliphatic heterocycles. The number of benzene rings is 8. The van der Waals surface area contributed by atoms with E-state index in [1.807, 2.05) is 41.5 Å². The van der Waals surface area contributed by atoms with Crippen LogP contribution in [0.2, 0.25) is 0 Å². The van der Waals surface area contributed by atoms with Gasteiger partial charge in [-0.2, -0.15) is 0 Å². The second-order valence-electron chi connectivity index (χ2n) is 19.9. The summed E-state index contributed by atoms with van der Waals surface area (Å²) in [6.07, 6.45) is 14.7. The van der Waals surface area contributed by atoms with Crippen molar-refractivity contribution in [3.05, 3.63) is 221 Å². The summed E-state index contributed by atoms with van der Waals surface area (Å²) < 4.78 is 2.01. The number of anilines is 2. The lowest BCUT2D eigenvalue weighted by atomic mass is 9.73. The Hall–Kier alpha value is -8.35. The third-order valence-corrected chi connectivity index (χ3v) is 15.1. The second kappa shape index (κ2) is 18.4. The lowest BCUT2D eigenvalue weighted by molar-refractivity contribution is 0.633. The van der Waals surface area contributed by atoms with Gasteiger partial charge in [0, 0.05) is 27.6 Å². The average molecular weight is 937 g/mol. The molecule has 2 aliphatic rings. The molecule has 0 radical (unpaired) electrons. The predicted molar refractivity (Wildman–Crippen MR) is 309 cm³/mol. The minimum absolute atomic E-state index is 0.106.